The number of nitrogen functional groups attached to an aromatic ring is 1. The first-order chi connectivity index (χ1) is 10.3. The van der Waals surface area contributed by atoms with Crippen LogP contribution in [0, 0.1) is 0 Å². The molecule has 0 saturated carbocycles. The Kier molecular flexibility index (Phi) is 5.51. The third kappa shape index (κ3) is 5.10. The van der Waals surface area contributed by atoms with E-state index >= 15 is 0 Å². The van der Waals surface area contributed by atoms with Crippen LogP contribution < -0.4 is 16.4 Å². The highest BCUT2D eigenvalue weighted by Crippen LogP contribution is 2.05. The topological polar surface area (TPSA) is 92.9 Å². The van der Waals surface area contributed by atoms with E-state index in [1.165, 1.54) is 0 Å². The average Bonchev–Trinajstić information content (AvgIpc) is 2.53. The number of unbranched alkanes of at least 4 members (excludes halogenated alkanes) is 1. The quantitative estimate of drug-likeness (QED) is 0.673. The number of rotatable bonds is 7. The van der Waals surface area contributed by atoms with Gasteiger partial charge in [0.05, 0.1) is 17.4 Å². The first-order valence-electron chi connectivity index (χ1n) is 6.89. The fourth-order valence-corrected chi connectivity index (χ4v) is 1.78. The summed E-state index contributed by atoms with van der Waals surface area (Å²) in [6.07, 6.45) is 6.67. The van der Waals surface area contributed by atoms with E-state index in [-0.39, 0.29) is 5.91 Å². The van der Waals surface area contributed by atoms with Gasteiger partial charge in [-0.05, 0) is 37.1 Å². The highest BCUT2D eigenvalue weighted by atomic mass is 16.1. The smallest absolute Gasteiger partial charge is 0.252 e. The number of aromatic nitrogens is 2. The predicted molar refractivity (Wildman–Crippen MR) is 82.9 cm³/mol. The maximum atomic E-state index is 11.7. The molecule has 0 aliphatic heterocycles. The molecular formula is C15H19N5O. The Hall–Kier alpha value is -2.63. The summed E-state index contributed by atoms with van der Waals surface area (Å²) in [7, 11) is 0. The Labute approximate surface area is 123 Å². The van der Waals surface area contributed by atoms with Crippen molar-refractivity contribution in [3.63, 3.8) is 0 Å². The first-order valence-corrected chi connectivity index (χ1v) is 6.89. The van der Waals surface area contributed by atoms with Crippen molar-refractivity contribution in [3.8, 4) is 0 Å². The third-order valence-electron chi connectivity index (χ3n) is 2.91. The molecule has 0 aliphatic rings. The number of pyridine rings is 2. The summed E-state index contributed by atoms with van der Waals surface area (Å²) in [6, 6.07) is 7.15. The second-order valence-electron chi connectivity index (χ2n) is 4.61. The Bertz CT molecular complexity index is 556. The van der Waals surface area contributed by atoms with Gasteiger partial charge in [0.25, 0.3) is 5.91 Å². The van der Waals surface area contributed by atoms with Crippen LogP contribution in [0.15, 0.2) is 42.9 Å². The van der Waals surface area contributed by atoms with Crippen LogP contribution in [-0.4, -0.2) is 29.0 Å². The number of nitrogens with zero attached hydrogens (tertiary/aromatic N) is 2. The first kappa shape index (κ1) is 14.8. The minimum Gasteiger partial charge on any atom is -0.397 e. The van der Waals surface area contributed by atoms with Crippen LogP contribution in [-0.2, 0) is 0 Å². The van der Waals surface area contributed by atoms with Crippen LogP contribution in [0.2, 0.25) is 0 Å². The SMILES string of the molecule is Nc1ccc(NCCCCNC(=O)c2cccnc2)nc1. The molecule has 2 aromatic rings. The highest BCUT2D eigenvalue weighted by molar-refractivity contribution is 5.93. The molecule has 6 heteroatoms. The lowest BCUT2D eigenvalue weighted by Crippen LogP contribution is -2.24. The largest absolute Gasteiger partial charge is 0.397 e. The maximum Gasteiger partial charge on any atom is 0.252 e. The number of hydrogen-bond acceptors (Lipinski definition) is 5. The standard InChI is InChI=1S/C15H19N5O/c16-13-5-6-14(20-11-13)18-8-1-2-9-19-15(21)12-4-3-7-17-10-12/h3-7,10-11H,1-2,8-9,16H2,(H,18,20)(H,19,21). The van der Waals surface area contributed by atoms with E-state index in [0.717, 1.165) is 25.2 Å². The van der Waals surface area contributed by atoms with Crippen molar-refractivity contribution < 1.29 is 4.79 Å². The summed E-state index contributed by atoms with van der Waals surface area (Å²) in [5.74, 6) is 0.722. The Morgan fingerprint density at radius 1 is 1.14 bits per heavy atom. The van der Waals surface area contributed by atoms with Crippen LogP contribution in [0.25, 0.3) is 0 Å². The van der Waals surface area contributed by atoms with Crippen molar-refractivity contribution in [1.82, 2.24) is 15.3 Å². The van der Waals surface area contributed by atoms with Crippen LogP contribution in [0.1, 0.15) is 23.2 Å². The molecule has 0 spiro atoms. The zero-order chi connectivity index (χ0) is 14.9. The van der Waals surface area contributed by atoms with E-state index in [0.29, 0.717) is 17.8 Å². The maximum absolute atomic E-state index is 11.7. The summed E-state index contributed by atoms with van der Waals surface area (Å²) < 4.78 is 0. The number of carbonyl (C=O) groups is 1. The lowest BCUT2D eigenvalue weighted by atomic mass is 10.2. The summed E-state index contributed by atoms with van der Waals surface area (Å²) in [6.45, 7) is 1.45. The van der Waals surface area contributed by atoms with Gasteiger partial charge in [-0.1, -0.05) is 0 Å². The lowest BCUT2D eigenvalue weighted by molar-refractivity contribution is 0.0952. The molecule has 2 rings (SSSR count). The van der Waals surface area contributed by atoms with Gasteiger partial charge in [-0.25, -0.2) is 4.98 Å². The molecule has 2 heterocycles. The van der Waals surface area contributed by atoms with Crippen LogP contribution in [0.5, 0.6) is 0 Å². The van der Waals surface area contributed by atoms with Crippen molar-refractivity contribution in [2.24, 2.45) is 0 Å². The van der Waals surface area contributed by atoms with Crippen molar-refractivity contribution in [3.05, 3.63) is 48.4 Å². The number of amides is 1. The number of anilines is 2. The zero-order valence-electron chi connectivity index (χ0n) is 11.7. The van der Waals surface area contributed by atoms with Crippen molar-refractivity contribution in [2.75, 3.05) is 24.1 Å². The molecular weight excluding hydrogens is 266 g/mol. The van der Waals surface area contributed by atoms with Crippen LogP contribution in [0.4, 0.5) is 11.5 Å². The van der Waals surface area contributed by atoms with Gasteiger partial charge in [0.15, 0.2) is 0 Å². The monoisotopic (exact) mass is 285 g/mol. The summed E-state index contributed by atoms with van der Waals surface area (Å²) in [5, 5.41) is 6.07. The van der Waals surface area contributed by atoms with Gasteiger partial charge in [0, 0.05) is 25.5 Å². The second kappa shape index (κ2) is 7.84. The fourth-order valence-electron chi connectivity index (χ4n) is 1.78. The summed E-state index contributed by atoms with van der Waals surface area (Å²) >= 11 is 0. The van der Waals surface area contributed by atoms with E-state index in [1.54, 1.807) is 30.7 Å². The molecule has 4 N–H and O–H groups in total. The minimum atomic E-state index is -0.0868. The lowest BCUT2D eigenvalue weighted by Gasteiger charge is -2.07. The number of hydrogen-bond donors (Lipinski definition) is 3. The Balaban J connectivity index is 1.58. The zero-order valence-corrected chi connectivity index (χ0v) is 11.7. The molecule has 0 atom stereocenters. The van der Waals surface area contributed by atoms with E-state index < -0.39 is 0 Å². The molecule has 0 aromatic carbocycles. The van der Waals surface area contributed by atoms with Gasteiger partial charge in [0.2, 0.25) is 0 Å². The van der Waals surface area contributed by atoms with Gasteiger partial charge in [-0.3, -0.25) is 9.78 Å². The molecule has 1 amide bonds. The van der Waals surface area contributed by atoms with Crippen molar-refractivity contribution >= 4 is 17.4 Å². The van der Waals surface area contributed by atoms with Gasteiger partial charge < -0.3 is 16.4 Å². The van der Waals surface area contributed by atoms with Crippen molar-refractivity contribution in [2.45, 2.75) is 12.8 Å². The second-order valence-corrected chi connectivity index (χ2v) is 4.61. The molecule has 2 aromatic heterocycles. The van der Waals surface area contributed by atoms with E-state index in [9.17, 15) is 4.79 Å². The average molecular weight is 285 g/mol. The Morgan fingerprint density at radius 3 is 2.71 bits per heavy atom. The molecule has 0 unspecified atom stereocenters. The van der Waals surface area contributed by atoms with Crippen molar-refractivity contribution in [1.29, 1.82) is 0 Å². The van der Waals surface area contributed by atoms with Gasteiger partial charge in [0.1, 0.15) is 5.82 Å². The van der Waals surface area contributed by atoms with Gasteiger partial charge >= 0.3 is 0 Å². The molecule has 0 saturated heterocycles. The van der Waals surface area contributed by atoms with Crippen LogP contribution >= 0.6 is 0 Å². The molecule has 110 valence electrons. The molecule has 0 aliphatic carbocycles. The molecule has 0 radical (unpaired) electrons. The van der Waals surface area contributed by atoms with E-state index in [1.807, 2.05) is 12.1 Å². The molecule has 0 bridgehead atoms. The third-order valence-corrected chi connectivity index (χ3v) is 2.91. The van der Waals surface area contributed by atoms with E-state index in [2.05, 4.69) is 20.6 Å². The van der Waals surface area contributed by atoms with Crippen LogP contribution in [0.3, 0.4) is 0 Å². The minimum absolute atomic E-state index is 0.0868. The Morgan fingerprint density at radius 2 is 2.00 bits per heavy atom. The predicted octanol–water partition coefficient (Wildman–Crippen LogP) is 1.68. The number of carbonyl (C=O) groups excluding carboxylic acids is 1. The van der Waals surface area contributed by atoms with Gasteiger partial charge in [-0.15, -0.1) is 0 Å². The van der Waals surface area contributed by atoms with E-state index in [4.69, 9.17) is 5.73 Å². The number of nitrogens with one attached hydrogen (secondary N) is 2. The van der Waals surface area contributed by atoms with Gasteiger partial charge in [-0.2, -0.15) is 0 Å². The number of nitrogens with two attached hydrogens (primary N) is 1. The highest BCUT2D eigenvalue weighted by Gasteiger charge is 2.03. The fraction of sp³-hybridized carbons (Fsp3) is 0.267. The summed E-state index contributed by atoms with van der Waals surface area (Å²) in [4.78, 5) is 19.8. The molecule has 6 nitrogen and oxygen atoms in total. The molecule has 21 heavy (non-hydrogen) atoms. The molecule has 0 fully saturated rings. The normalized spacial score (nSPS) is 10.1. The summed E-state index contributed by atoms with van der Waals surface area (Å²) in [5.41, 5.74) is 6.80.